The summed E-state index contributed by atoms with van der Waals surface area (Å²) in [6.45, 7) is 5.60. The Balaban J connectivity index is 1.84. The highest BCUT2D eigenvalue weighted by Crippen LogP contribution is 2.29. The van der Waals surface area contributed by atoms with Crippen molar-refractivity contribution in [3.8, 4) is 0 Å². The van der Waals surface area contributed by atoms with E-state index in [4.69, 9.17) is 4.74 Å². The molecule has 1 amide bonds. The molecule has 2 rings (SSSR count). The van der Waals surface area contributed by atoms with Crippen molar-refractivity contribution in [3.05, 3.63) is 35.1 Å². The summed E-state index contributed by atoms with van der Waals surface area (Å²) in [6.07, 6.45) is 3.23. The Hall–Kier alpha value is -1.91. The number of aryl methyl sites for hydroxylation is 1. The van der Waals surface area contributed by atoms with Gasteiger partial charge in [0, 0.05) is 6.04 Å². The third-order valence-electron chi connectivity index (χ3n) is 4.80. The third-order valence-corrected chi connectivity index (χ3v) is 4.80. The minimum Gasteiger partial charge on any atom is -0.452 e. The maximum absolute atomic E-state index is 13.4. The second-order valence-corrected chi connectivity index (χ2v) is 6.48. The standard InChI is InChI=1S/C18H24FNO3/c1-11-5-4-6-16(13(11)3)20-17(21)10-23-18(22)14-8-7-12(2)15(19)9-14/h7-9,11,13,16H,4-6,10H2,1-3H3,(H,20,21)/t11-,13-,16+/m0/s1. The molecule has 0 radical (unpaired) electrons. The van der Waals surface area contributed by atoms with Crippen molar-refractivity contribution in [2.45, 2.75) is 46.1 Å². The maximum atomic E-state index is 13.4. The number of hydrogen-bond acceptors (Lipinski definition) is 3. The van der Waals surface area contributed by atoms with E-state index in [0.29, 0.717) is 17.4 Å². The van der Waals surface area contributed by atoms with E-state index in [2.05, 4.69) is 19.2 Å². The van der Waals surface area contributed by atoms with Crippen molar-refractivity contribution in [1.29, 1.82) is 0 Å². The van der Waals surface area contributed by atoms with Gasteiger partial charge in [0.05, 0.1) is 5.56 Å². The van der Waals surface area contributed by atoms with Gasteiger partial charge in [-0.15, -0.1) is 0 Å². The second-order valence-electron chi connectivity index (χ2n) is 6.48. The van der Waals surface area contributed by atoms with Gasteiger partial charge in [-0.2, -0.15) is 0 Å². The van der Waals surface area contributed by atoms with Crippen LogP contribution in [-0.2, 0) is 9.53 Å². The first kappa shape index (κ1) is 17.4. The van der Waals surface area contributed by atoms with E-state index in [1.807, 2.05) is 0 Å². The van der Waals surface area contributed by atoms with Gasteiger partial charge >= 0.3 is 5.97 Å². The van der Waals surface area contributed by atoms with Crippen molar-refractivity contribution >= 4 is 11.9 Å². The molecule has 0 bridgehead atoms. The minimum atomic E-state index is -0.691. The predicted molar refractivity (Wildman–Crippen MR) is 85.5 cm³/mol. The van der Waals surface area contributed by atoms with E-state index in [-0.39, 0.29) is 24.1 Å². The zero-order valence-corrected chi connectivity index (χ0v) is 13.9. The van der Waals surface area contributed by atoms with Crippen LogP contribution in [0.2, 0.25) is 0 Å². The number of benzene rings is 1. The first-order valence-electron chi connectivity index (χ1n) is 8.11. The third kappa shape index (κ3) is 4.53. The Morgan fingerprint density at radius 3 is 2.74 bits per heavy atom. The van der Waals surface area contributed by atoms with E-state index in [1.165, 1.54) is 18.6 Å². The van der Waals surface area contributed by atoms with E-state index in [1.54, 1.807) is 6.92 Å². The monoisotopic (exact) mass is 321 g/mol. The van der Waals surface area contributed by atoms with Crippen LogP contribution < -0.4 is 5.32 Å². The summed E-state index contributed by atoms with van der Waals surface area (Å²) >= 11 is 0. The van der Waals surface area contributed by atoms with Gasteiger partial charge in [0.15, 0.2) is 6.61 Å². The molecule has 1 N–H and O–H groups in total. The normalized spacial score (nSPS) is 24.1. The zero-order chi connectivity index (χ0) is 17.0. The molecule has 5 heteroatoms. The van der Waals surface area contributed by atoms with Crippen molar-refractivity contribution in [1.82, 2.24) is 5.32 Å². The molecule has 3 atom stereocenters. The number of carbonyl (C=O) groups excluding carboxylic acids is 2. The Bertz CT molecular complexity index is 588. The van der Waals surface area contributed by atoms with E-state index < -0.39 is 11.8 Å². The highest BCUT2D eigenvalue weighted by Gasteiger charge is 2.28. The molecule has 1 aromatic carbocycles. The van der Waals surface area contributed by atoms with Crippen molar-refractivity contribution in [3.63, 3.8) is 0 Å². The van der Waals surface area contributed by atoms with Crippen LogP contribution in [0.1, 0.15) is 49.0 Å². The van der Waals surface area contributed by atoms with Crippen LogP contribution in [-0.4, -0.2) is 24.5 Å². The van der Waals surface area contributed by atoms with Crippen molar-refractivity contribution in [2.24, 2.45) is 11.8 Å². The lowest BCUT2D eigenvalue weighted by atomic mass is 9.78. The lowest BCUT2D eigenvalue weighted by molar-refractivity contribution is -0.125. The van der Waals surface area contributed by atoms with Gasteiger partial charge in [0.1, 0.15) is 5.82 Å². The topological polar surface area (TPSA) is 55.4 Å². The second kappa shape index (κ2) is 7.57. The van der Waals surface area contributed by atoms with Crippen LogP contribution in [0.5, 0.6) is 0 Å². The summed E-state index contributed by atoms with van der Waals surface area (Å²) < 4.78 is 18.4. The van der Waals surface area contributed by atoms with E-state index >= 15 is 0 Å². The molecular formula is C18H24FNO3. The van der Waals surface area contributed by atoms with Crippen LogP contribution in [0.3, 0.4) is 0 Å². The Morgan fingerprint density at radius 1 is 1.30 bits per heavy atom. The highest BCUT2D eigenvalue weighted by molar-refractivity contribution is 5.91. The van der Waals surface area contributed by atoms with Gasteiger partial charge in [-0.25, -0.2) is 9.18 Å². The summed E-state index contributed by atoms with van der Waals surface area (Å²) in [5.74, 6) is -0.475. The van der Waals surface area contributed by atoms with Gasteiger partial charge in [-0.05, 0) is 42.9 Å². The summed E-state index contributed by atoms with van der Waals surface area (Å²) in [5, 5.41) is 2.94. The van der Waals surface area contributed by atoms with Gasteiger partial charge in [0.2, 0.25) is 0 Å². The lowest BCUT2D eigenvalue weighted by Crippen LogP contribution is -2.45. The van der Waals surface area contributed by atoms with Crippen molar-refractivity contribution < 1.29 is 18.7 Å². The average molecular weight is 321 g/mol. The fourth-order valence-electron chi connectivity index (χ4n) is 2.97. The first-order chi connectivity index (χ1) is 10.9. The summed E-state index contributed by atoms with van der Waals surface area (Å²) in [5.41, 5.74) is 0.570. The van der Waals surface area contributed by atoms with Crippen LogP contribution in [0, 0.1) is 24.6 Å². The summed E-state index contributed by atoms with van der Waals surface area (Å²) in [6, 6.07) is 4.25. The molecule has 0 aromatic heterocycles. The molecule has 1 aliphatic rings. The van der Waals surface area contributed by atoms with Crippen LogP contribution in [0.25, 0.3) is 0 Å². The number of nitrogens with one attached hydrogen (secondary N) is 1. The van der Waals surface area contributed by atoms with Crippen molar-refractivity contribution in [2.75, 3.05) is 6.61 Å². The smallest absolute Gasteiger partial charge is 0.338 e. The molecule has 1 saturated carbocycles. The predicted octanol–water partition coefficient (Wildman–Crippen LogP) is 3.23. The van der Waals surface area contributed by atoms with Crippen LogP contribution in [0.15, 0.2) is 18.2 Å². The number of esters is 1. The number of halogens is 1. The molecule has 126 valence electrons. The van der Waals surface area contributed by atoms with Gasteiger partial charge in [0.25, 0.3) is 5.91 Å². The fraction of sp³-hybridized carbons (Fsp3) is 0.556. The summed E-state index contributed by atoms with van der Waals surface area (Å²) in [7, 11) is 0. The Kier molecular flexibility index (Phi) is 5.74. The highest BCUT2D eigenvalue weighted by atomic mass is 19.1. The number of carbonyl (C=O) groups is 2. The molecule has 0 aliphatic heterocycles. The SMILES string of the molecule is Cc1ccc(C(=O)OCC(=O)N[C@@H]2CCC[C@H](C)[C@@H]2C)cc1F. The largest absolute Gasteiger partial charge is 0.452 e. The average Bonchev–Trinajstić information content (AvgIpc) is 2.52. The molecule has 23 heavy (non-hydrogen) atoms. The molecule has 0 heterocycles. The number of ether oxygens (including phenoxy) is 1. The number of amides is 1. The molecule has 1 fully saturated rings. The Labute approximate surface area is 136 Å². The fourth-order valence-corrected chi connectivity index (χ4v) is 2.97. The molecule has 0 saturated heterocycles. The molecular weight excluding hydrogens is 297 g/mol. The minimum absolute atomic E-state index is 0.112. The van der Waals surface area contributed by atoms with Gasteiger partial charge in [-0.3, -0.25) is 4.79 Å². The number of rotatable bonds is 4. The van der Waals surface area contributed by atoms with Crippen LogP contribution in [0.4, 0.5) is 4.39 Å². The molecule has 0 unspecified atom stereocenters. The molecule has 1 aromatic rings. The van der Waals surface area contributed by atoms with Gasteiger partial charge < -0.3 is 10.1 Å². The quantitative estimate of drug-likeness (QED) is 0.866. The van der Waals surface area contributed by atoms with E-state index in [9.17, 15) is 14.0 Å². The summed E-state index contributed by atoms with van der Waals surface area (Å²) in [4.78, 5) is 23.8. The lowest BCUT2D eigenvalue weighted by Gasteiger charge is -2.34. The molecule has 1 aliphatic carbocycles. The zero-order valence-electron chi connectivity index (χ0n) is 13.9. The van der Waals surface area contributed by atoms with E-state index in [0.717, 1.165) is 18.9 Å². The van der Waals surface area contributed by atoms with Crippen LogP contribution >= 0.6 is 0 Å². The first-order valence-corrected chi connectivity index (χ1v) is 8.11. The number of hydrogen-bond donors (Lipinski definition) is 1. The maximum Gasteiger partial charge on any atom is 0.338 e. The Morgan fingerprint density at radius 2 is 2.04 bits per heavy atom. The molecule has 4 nitrogen and oxygen atoms in total. The molecule has 0 spiro atoms. The van der Waals surface area contributed by atoms with Gasteiger partial charge in [-0.1, -0.05) is 32.8 Å².